The fraction of sp³-hybridized carbons (Fsp3) is 0.500. The van der Waals surface area contributed by atoms with Crippen LogP contribution >= 0.6 is 0 Å². The van der Waals surface area contributed by atoms with Gasteiger partial charge in [-0.05, 0) is 25.5 Å². The molecule has 2 rings (SSSR count). The predicted molar refractivity (Wildman–Crippen MR) is 73.4 cm³/mol. The molecule has 1 fully saturated rings. The van der Waals surface area contributed by atoms with Crippen molar-refractivity contribution in [2.75, 3.05) is 18.0 Å². The van der Waals surface area contributed by atoms with Gasteiger partial charge in [0.1, 0.15) is 5.82 Å². The second-order valence-corrected chi connectivity index (χ2v) is 5.09. The highest BCUT2D eigenvalue weighted by atomic mass is 19.1. The molecule has 104 valence electrons. The number of rotatable bonds is 3. The lowest BCUT2D eigenvalue weighted by Crippen LogP contribution is -2.35. The third-order valence-electron chi connectivity index (χ3n) is 3.42. The fourth-order valence-corrected chi connectivity index (χ4v) is 2.64. The van der Waals surface area contributed by atoms with Crippen molar-refractivity contribution in [3.8, 4) is 0 Å². The summed E-state index contributed by atoms with van der Waals surface area (Å²) in [6, 6.07) is 4.79. The molecule has 4 nitrogen and oxygen atoms in total. The molecule has 1 amide bonds. The number of carbonyl (C=O) groups is 1. The summed E-state index contributed by atoms with van der Waals surface area (Å²) in [5, 5.41) is 2.90. The summed E-state index contributed by atoms with van der Waals surface area (Å²) in [4.78, 5) is 13.1. The first-order chi connectivity index (χ1) is 8.99. The molecule has 19 heavy (non-hydrogen) atoms. The van der Waals surface area contributed by atoms with E-state index >= 15 is 0 Å². The molecule has 0 radical (unpaired) electrons. The molecule has 0 bridgehead atoms. The molecular formula is C14H20FN3O. The van der Waals surface area contributed by atoms with E-state index in [9.17, 15) is 9.18 Å². The summed E-state index contributed by atoms with van der Waals surface area (Å²) < 4.78 is 13.9. The van der Waals surface area contributed by atoms with E-state index in [1.807, 2.05) is 6.07 Å². The second kappa shape index (κ2) is 5.57. The monoisotopic (exact) mass is 265 g/mol. The fourth-order valence-electron chi connectivity index (χ4n) is 2.64. The molecule has 1 saturated heterocycles. The van der Waals surface area contributed by atoms with Crippen LogP contribution in [0.25, 0.3) is 0 Å². The highest BCUT2D eigenvalue weighted by Gasteiger charge is 2.26. The lowest BCUT2D eigenvalue weighted by Gasteiger charge is -2.24. The van der Waals surface area contributed by atoms with Crippen molar-refractivity contribution < 1.29 is 9.18 Å². The number of nitrogens with two attached hydrogens (primary N) is 1. The lowest BCUT2D eigenvalue weighted by atomic mass is 10.1. The van der Waals surface area contributed by atoms with Gasteiger partial charge >= 0.3 is 0 Å². The number of nitrogens with zero attached hydrogens (tertiary/aromatic N) is 1. The van der Waals surface area contributed by atoms with E-state index in [0.29, 0.717) is 12.1 Å². The Bertz CT molecular complexity index is 476. The lowest BCUT2D eigenvalue weighted by molar-refractivity contribution is -0.119. The third-order valence-corrected chi connectivity index (χ3v) is 3.42. The zero-order valence-corrected chi connectivity index (χ0v) is 11.3. The standard InChI is InChI=1S/C14H20FN3O/c1-9(16)14-12(15)4-3-5-13(14)18-7-6-11(8-18)17-10(2)19/h3-5,9,11H,6-8,16H2,1-2H3,(H,17,19)/t9-,11?/m1/s1. The summed E-state index contributed by atoms with van der Waals surface area (Å²) in [7, 11) is 0. The van der Waals surface area contributed by atoms with E-state index in [4.69, 9.17) is 5.73 Å². The minimum Gasteiger partial charge on any atom is -0.369 e. The van der Waals surface area contributed by atoms with Gasteiger partial charge in [-0.15, -0.1) is 0 Å². The van der Waals surface area contributed by atoms with Crippen molar-refractivity contribution in [2.45, 2.75) is 32.4 Å². The van der Waals surface area contributed by atoms with Crippen LogP contribution in [0.1, 0.15) is 31.9 Å². The van der Waals surface area contributed by atoms with Crippen molar-refractivity contribution >= 4 is 11.6 Å². The van der Waals surface area contributed by atoms with Crippen LogP contribution in [-0.4, -0.2) is 25.0 Å². The average Bonchev–Trinajstić information content (AvgIpc) is 2.75. The Morgan fingerprint density at radius 3 is 2.95 bits per heavy atom. The van der Waals surface area contributed by atoms with Gasteiger partial charge in [-0.2, -0.15) is 0 Å². The maximum atomic E-state index is 13.9. The molecule has 5 heteroatoms. The Labute approximate surface area is 112 Å². The van der Waals surface area contributed by atoms with Gasteiger partial charge in [0.2, 0.25) is 5.91 Å². The highest BCUT2D eigenvalue weighted by molar-refractivity contribution is 5.73. The summed E-state index contributed by atoms with van der Waals surface area (Å²) in [6.07, 6.45) is 0.870. The molecule has 1 unspecified atom stereocenters. The maximum Gasteiger partial charge on any atom is 0.217 e. The Balaban J connectivity index is 2.20. The van der Waals surface area contributed by atoms with Crippen molar-refractivity contribution in [2.24, 2.45) is 5.73 Å². The van der Waals surface area contributed by atoms with Crippen LogP contribution in [0, 0.1) is 5.82 Å². The summed E-state index contributed by atoms with van der Waals surface area (Å²) in [5.41, 5.74) is 7.25. The molecule has 3 N–H and O–H groups in total. The van der Waals surface area contributed by atoms with Crippen molar-refractivity contribution in [1.82, 2.24) is 5.32 Å². The molecule has 0 aromatic heterocycles. The molecule has 1 aromatic carbocycles. The second-order valence-electron chi connectivity index (χ2n) is 5.09. The molecular weight excluding hydrogens is 245 g/mol. The molecule has 1 aromatic rings. The van der Waals surface area contributed by atoms with Gasteiger partial charge in [0.25, 0.3) is 0 Å². The molecule has 0 spiro atoms. The summed E-state index contributed by atoms with van der Waals surface area (Å²) >= 11 is 0. The molecule has 0 saturated carbocycles. The van der Waals surface area contributed by atoms with Crippen molar-refractivity contribution in [3.63, 3.8) is 0 Å². The largest absolute Gasteiger partial charge is 0.369 e. The van der Waals surface area contributed by atoms with Gasteiger partial charge in [0, 0.05) is 43.3 Å². The van der Waals surface area contributed by atoms with Gasteiger partial charge in [-0.1, -0.05) is 6.07 Å². The quantitative estimate of drug-likeness (QED) is 0.872. The zero-order valence-electron chi connectivity index (χ0n) is 11.3. The number of benzene rings is 1. The van der Waals surface area contributed by atoms with Gasteiger partial charge in [-0.3, -0.25) is 4.79 Å². The van der Waals surface area contributed by atoms with Gasteiger partial charge in [0.05, 0.1) is 0 Å². The minimum absolute atomic E-state index is 0.0292. The van der Waals surface area contributed by atoms with E-state index in [0.717, 1.165) is 18.7 Å². The van der Waals surface area contributed by atoms with Gasteiger partial charge < -0.3 is 16.0 Å². The molecule has 2 atom stereocenters. The number of carbonyl (C=O) groups excluding carboxylic acids is 1. The van der Waals surface area contributed by atoms with Crippen LogP contribution < -0.4 is 16.0 Å². The normalized spacial score (nSPS) is 20.4. The van der Waals surface area contributed by atoms with Gasteiger partial charge in [-0.25, -0.2) is 4.39 Å². The average molecular weight is 265 g/mol. The van der Waals surface area contributed by atoms with E-state index in [1.54, 1.807) is 13.0 Å². The number of hydrogen-bond donors (Lipinski definition) is 2. The maximum absolute atomic E-state index is 13.9. The smallest absolute Gasteiger partial charge is 0.217 e. The van der Waals surface area contributed by atoms with E-state index < -0.39 is 0 Å². The van der Waals surface area contributed by atoms with Crippen LogP contribution in [-0.2, 0) is 4.79 Å². The molecule has 0 aliphatic carbocycles. The predicted octanol–water partition coefficient (Wildman–Crippen LogP) is 1.56. The van der Waals surface area contributed by atoms with Crippen molar-refractivity contribution in [3.05, 3.63) is 29.6 Å². The Morgan fingerprint density at radius 1 is 1.58 bits per heavy atom. The van der Waals surface area contributed by atoms with E-state index in [1.165, 1.54) is 13.0 Å². The summed E-state index contributed by atoms with van der Waals surface area (Å²) in [5.74, 6) is -0.297. The molecule has 1 aliphatic heterocycles. The van der Waals surface area contributed by atoms with Crippen LogP contribution in [0.4, 0.5) is 10.1 Å². The SMILES string of the molecule is CC(=O)NC1CCN(c2cccc(F)c2[C@@H](C)N)C1. The van der Waals surface area contributed by atoms with Crippen LogP contribution in [0.15, 0.2) is 18.2 Å². The summed E-state index contributed by atoms with van der Waals surface area (Å²) in [6.45, 7) is 4.79. The third kappa shape index (κ3) is 3.04. The van der Waals surface area contributed by atoms with Crippen LogP contribution in [0.2, 0.25) is 0 Å². The van der Waals surface area contributed by atoms with Crippen molar-refractivity contribution in [1.29, 1.82) is 0 Å². The van der Waals surface area contributed by atoms with Crippen LogP contribution in [0.5, 0.6) is 0 Å². The first-order valence-corrected chi connectivity index (χ1v) is 6.55. The molecule has 1 aliphatic rings. The topological polar surface area (TPSA) is 58.4 Å². The van der Waals surface area contributed by atoms with E-state index in [2.05, 4.69) is 10.2 Å². The number of anilines is 1. The Morgan fingerprint density at radius 2 is 2.32 bits per heavy atom. The zero-order chi connectivity index (χ0) is 14.0. The molecule has 1 heterocycles. The van der Waals surface area contributed by atoms with Crippen LogP contribution in [0.3, 0.4) is 0 Å². The highest BCUT2D eigenvalue weighted by Crippen LogP contribution is 2.30. The first kappa shape index (κ1) is 13.8. The Kier molecular flexibility index (Phi) is 4.04. The number of amides is 1. The first-order valence-electron chi connectivity index (χ1n) is 6.55. The number of nitrogens with one attached hydrogen (secondary N) is 1. The number of halogens is 1. The van der Waals surface area contributed by atoms with E-state index in [-0.39, 0.29) is 23.8 Å². The minimum atomic E-state index is -0.351. The number of hydrogen-bond acceptors (Lipinski definition) is 3. The Hall–Kier alpha value is -1.62. The van der Waals surface area contributed by atoms with Gasteiger partial charge in [0.15, 0.2) is 0 Å².